The van der Waals surface area contributed by atoms with Crippen LogP contribution in [0.15, 0.2) is 152 Å². The minimum Gasteiger partial charge on any atom is -0.192 e. The van der Waals surface area contributed by atoms with Gasteiger partial charge in [-0.25, -0.2) is 0 Å². The lowest BCUT2D eigenvalue weighted by Gasteiger charge is -2.24. The fourth-order valence-corrected chi connectivity index (χ4v) is 11.9. The quantitative estimate of drug-likeness (QED) is 0.167. The van der Waals surface area contributed by atoms with Crippen LogP contribution in [0.1, 0.15) is 91.6 Å². The van der Waals surface area contributed by atoms with Gasteiger partial charge in [0.15, 0.2) is 0 Å². The molecular weight excluding hydrogens is 787 g/mol. The largest absolute Gasteiger partial charge is 0.192 e. The highest BCUT2D eigenvalue weighted by atomic mass is 14.4. The van der Waals surface area contributed by atoms with Crippen LogP contribution in [-0.2, 0) is 16.2 Å². The molecule has 0 saturated heterocycles. The molecule has 0 aliphatic heterocycles. The number of nitrogens with zero attached hydrogens (tertiary/aromatic N) is 3. The highest BCUT2D eigenvalue weighted by Crippen LogP contribution is 2.55. The van der Waals surface area contributed by atoms with Crippen molar-refractivity contribution in [1.29, 1.82) is 15.8 Å². The smallest absolute Gasteiger partial charge is 0.0991 e. The van der Waals surface area contributed by atoms with Crippen molar-refractivity contribution >= 4 is 21.5 Å². The lowest BCUT2D eigenvalue weighted by Crippen LogP contribution is -2.15. The van der Waals surface area contributed by atoms with Crippen LogP contribution in [0.25, 0.3) is 88.3 Å². The van der Waals surface area contributed by atoms with Crippen LogP contribution in [0.2, 0.25) is 0 Å². The van der Waals surface area contributed by atoms with Gasteiger partial charge in [-0.1, -0.05) is 133 Å². The fraction of sp³-hybridized carbons (Fsp3) is 0.145. The summed E-state index contributed by atoms with van der Waals surface area (Å²) in [7, 11) is 0. The first-order valence-electron chi connectivity index (χ1n) is 22.4. The molecule has 306 valence electrons. The van der Waals surface area contributed by atoms with Crippen LogP contribution in [-0.4, -0.2) is 0 Å². The molecule has 3 aliphatic carbocycles. The van der Waals surface area contributed by atoms with E-state index in [0.717, 1.165) is 16.7 Å². The summed E-state index contributed by atoms with van der Waals surface area (Å²) in [6, 6.07) is 62.2. The number of hydrogen-bond acceptors (Lipinski definition) is 3. The third-order valence-corrected chi connectivity index (χ3v) is 15.3. The normalized spacial score (nSPS) is 14.9. The first-order valence-corrected chi connectivity index (χ1v) is 22.4. The first-order chi connectivity index (χ1) is 31.3. The molecule has 9 aromatic carbocycles. The average molecular weight is 830 g/mol. The maximum atomic E-state index is 9.85. The standard InChI is InChI=1S/C62H43N3/c1-60(2)52-25-35(32-63)11-18-42(52)45-21-14-39(29-55(45)60)38-15-24-50-51(28-38)59(41-17-23-47-44-20-13-37(34-65)27-54(44)62(5,6)57(47)31-41)49-10-8-7-9-48(49)58(50)40-16-22-46-43-19-12-36(33-64)26-53(43)61(3,4)56(46)30-40/h7-31H,1-6H3. The molecule has 0 fully saturated rings. The number of fused-ring (bicyclic) bond motifs is 11. The maximum absolute atomic E-state index is 9.85. The van der Waals surface area contributed by atoms with Crippen molar-refractivity contribution in [3.63, 3.8) is 0 Å². The maximum Gasteiger partial charge on any atom is 0.0991 e. The minimum absolute atomic E-state index is 0.265. The summed E-state index contributed by atoms with van der Waals surface area (Å²) in [4.78, 5) is 0. The minimum atomic E-state index is -0.296. The van der Waals surface area contributed by atoms with Gasteiger partial charge in [-0.05, 0) is 182 Å². The van der Waals surface area contributed by atoms with Crippen LogP contribution in [0, 0.1) is 34.0 Å². The van der Waals surface area contributed by atoms with Gasteiger partial charge < -0.3 is 0 Å². The van der Waals surface area contributed by atoms with Gasteiger partial charge in [0.25, 0.3) is 0 Å². The number of rotatable bonds is 3. The molecule has 3 aliphatic rings. The Kier molecular flexibility index (Phi) is 7.88. The molecule has 3 nitrogen and oxygen atoms in total. The average Bonchev–Trinajstić information content (AvgIpc) is 3.80. The molecule has 0 atom stereocenters. The van der Waals surface area contributed by atoms with Crippen molar-refractivity contribution < 1.29 is 0 Å². The van der Waals surface area contributed by atoms with Gasteiger partial charge in [0, 0.05) is 16.2 Å². The Morgan fingerprint density at radius 2 is 0.585 bits per heavy atom. The number of benzene rings is 9. The SMILES string of the molecule is CC1(C)c2cc(C#N)ccc2-c2ccc(-c3ccc4c(-c5ccc6c(c5)C(C)(C)c5cc(C#N)ccc5-6)c5ccccc5c(-c5ccc6c(c5)C(C)(C)c5cc(C#N)ccc5-6)c4c3)cc21. The summed E-state index contributed by atoms with van der Waals surface area (Å²) in [6.45, 7) is 13.7. The van der Waals surface area contributed by atoms with Crippen LogP contribution < -0.4 is 0 Å². The summed E-state index contributed by atoms with van der Waals surface area (Å²) in [5.41, 5.74) is 22.8. The molecule has 0 heterocycles. The van der Waals surface area contributed by atoms with E-state index in [1.54, 1.807) is 0 Å². The van der Waals surface area contributed by atoms with Crippen molar-refractivity contribution in [2.75, 3.05) is 0 Å². The van der Waals surface area contributed by atoms with Crippen LogP contribution in [0.3, 0.4) is 0 Å². The summed E-state index contributed by atoms with van der Waals surface area (Å²) >= 11 is 0. The molecule has 0 radical (unpaired) electrons. The Balaban J connectivity index is 1.11. The zero-order valence-electron chi connectivity index (χ0n) is 37.3. The van der Waals surface area contributed by atoms with Crippen molar-refractivity contribution in [2.24, 2.45) is 0 Å². The van der Waals surface area contributed by atoms with Gasteiger partial charge in [-0.3, -0.25) is 0 Å². The second kappa shape index (κ2) is 13.3. The van der Waals surface area contributed by atoms with Gasteiger partial charge in [0.05, 0.1) is 34.9 Å². The van der Waals surface area contributed by atoms with Gasteiger partial charge in [-0.15, -0.1) is 0 Å². The second-order valence-corrected chi connectivity index (χ2v) is 19.8. The van der Waals surface area contributed by atoms with E-state index < -0.39 is 0 Å². The Labute approximate surface area is 380 Å². The molecule has 65 heavy (non-hydrogen) atoms. The zero-order chi connectivity index (χ0) is 44.7. The van der Waals surface area contributed by atoms with Crippen LogP contribution >= 0.6 is 0 Å². The van der Waals surface area contributed by atoms with Crippen LogP contribution in [0.5, 0.6) is 0 Å². The van der Waals surface area contributed by atoms with Crippen molar-refractivity contribution in [3.05, 3.63) is 202 Å². The van der Waals surface area contributed by atoms with Crippen molar-refractivity contribution in [3.8, 4) is 85.0 Å². The Morgan fingerprint density at radius 1 is 0.292 bits per heavy atom. The molecule has 0 spiro atoms. The Hall–Kier alpha value is -8.03. The highest BCUT2D eigenvalue weighted by Gasteiger charge is 2.39. The van der Waals surface area contributed by atoms with E-state index in [2.05, 4.69) is 193 Å². The number of nitriles is 3. The molecule has 0 N–H and O–H groups in total. The van der Waals surface area contributed by atoms with E-state index in [4.69, 9.17) is 0 Å². The first kappa shape index (κ1) is 38.6. The molecule has 0 bridgehead atoms. The predicted octanol–water partition coefficient (Wildman–Crippen LogP) is 15.5. The Morgan fingerprint density at radius 3 is 0.985 bits per heavy atom. The summed E-state index contributed by atoms with van der Waals surface area (Å²) < 4.78 is 0. The molecule has 9 aromatic rings. The van der Waals surface area contributed by atoms with Gasteiger partial charge in [-0.2, -0.15) is 15.8 Å². The summed E-state index contributed by atoms with van der Waals surface area (Å²) in [6.07, 6.45) is 0. The van der Waals surface area contributed by atoms with Gasteiger partial charge in [0.2, 0.25) is 0 Å². The molecule has 0 saturated carbocycles. The molecule has 0 unspecified atom stereocenters. The van der Waals surface area contributed by atoms with Gasteiger partial charge in [0.1, 0.15) is 0 Å². The number of hydrogen-bond donors (Lipinski definition) is 0. The van der Waals surface area contributed by atoms with E-state index in [1.165, 1.54) is 105 Å². The molecule has 12 rings (SSSR count). The van der Waals surface area contributed by atoms with E-state index >= 15 is 0 Å². The predicted molar refractivity (Wildman–Crippen MR) is 265 cm³/mol. The topological polar surface area (TPSA) is 71.4 Å². The van der Waals surface area contributed by atoms with Crippen molar-refractivity contribution in [2.45, 2.75) is 57.8 Å². The summed E-state index contributed by atoms with van der Waals surface area (Å²) in [5, 5.41) is 34.2. The third kappa shape index (κ3) is 5.26. The lowest BCUT2D eigenvalue weighted by molar-refractivity contribution is 0.660. The van der Waals surface area contributed by atoms with Crippen LogP contribution in [0.4, 0.5) is 0 Å². The van der Waals surface area contributed by atoms with Gasteiger partial charge >= 0.3 is 0 Å². The monoisotopic (exact) mass is 829 g/mol. The molecule has 3 heteroatoms. The highest BCUT2D eigenvalue weighted by molar-refractivity contribution is 6.22. The fourth-order valence-electron chi connectivity index (χ4n) is 11.9. The van der Waals surface area contributed by atoms with E-state index in [-0.39, 0.29) is 16.2 Å². The zero-order valence-corrected chi connectivity index (χ0v) is 37.3. The van der Waals surface area contributed by atoms with E-state index in [9.17, 15) is 15.8 Å². The van der Waals surface area contributed by atoms with E-state index in [1.807, 2.05) is 18.2 Å². The van der Waals surface area contributed by atoms with Crippen molar-refractivity contribution in [1.82, 2.24) is 0 Å². The molecule has 0 aromatic heterocycles. The lowest BCUT2D eigenvalue weighted by atomic mass is 9.79. The second-order valence-electron chi connectivity index (χ2n) is 19.8. The molecule has 0 amide bonds. The summed E-state index contributed by atoms with van der Waals surface area (Å²) in [5.74, 6) is 0. The Bertz CT molecular complexity index is 3780. The third-order valence-electron chi connectivity index (χ3n) is 15.3. The molecular formula is C62H43N3. The van der Waals surface area contributed by atoms with E-state index in [0.29, 0.717) is 16.7 Å².